The molecule has 0 bridgehead atoms. The summed E-state index contributed by atoms with van der Waals surface area (Å²) in [6.07, 6.45) is 3.45. The lowest BCUT2D eigenvalue weighted by atomic mass is 10.5. The highest BCUT2D eigenvalue weighted by atomic mass is 32.3. The van der Waals surface area contributed by atoms with Gasteiger partial charge in [0.15, 0.2) is 0 Å². The first kappa shape index (κ1) is 15.6. The van der Waals surface area contributed by atoms with Crippen molar-refractivity contribution in [3.8, 4) is 0 Å². The lowest BCUT2D eigenvalue weighted by Gasteiger charge is -2.43. The van der Waals surface area contributed by atoms with Gasteiger partial charge in [0.1, 0.15) is 6.26 Å². The van der Waals surface area contributed by atoms with Crippen LogP contribution < -0.4 is 0 Å². The fourth-order valence-corrected chi connectivity index (χ4v) is 6.10. The molecule has 0 unspecified atom stereocenters. The Morgan fingerprint density at radius 3 is 1.94 bits per heavy atom. The van der Waals surface area contributed by atoms with Crippen LogP contribution in [0.25, 0.3) is 0 Å². The first-order valence-corrected chi connectivity index (χ1v) is 8.16. The molecule has 0 N–H and O–H groups in total. The third-order valence-corrected chi connectivity index (χ3v) is 8.07. The molecule has 1 heterocycles. The van der Waals surface area contributed by atoms with Crippen LogP contribution in [-0.2, 0) is 0 Å². The molecule has 0 aliphatic rings. The Kier molecular flexibility index (Phi) is 6.81. The molecule has 0 aliphatic heterocycles. The number of rotatable bonds is 4. The molecule has 16 heavy (non-hydrogen) atoms. The van der Waals surface area contributed by atoms with Gasteiger partial charge < -0.3 is 4.42 Å². The first-order valence-electron chi connectivity index (χ1n) is 6.24. The largest absolute Gasteiger partial charge is 0.441 e. The summed E-state index contributed by atoms with van der Waals surface area (Å²) < 4.78 is 5.54. The SMILES string of the molecule is CC.CCS(c1ncco1)(C(C)C)C(C)C. The molecule has 1 aromatic rings. The Hall–Kier alpha value is -0.440. The maximum Gasteiger partial charge on any atom is 0.238 e. The van der Waals surface area contributed by atoms with Crippen molar-refractivity contribution in [1.29, 1.82) is 0 Å². The average Bonchev–Trinajstić information content (AvgIpc) is 2.75. The molecule has 0 saturated heterocycles. The van der Waals surface area contributed by atoms with E-state index >= 15 is 0 Å². The van der Waals surface area contributed by atoms with Gasteiger partial charge in [-0.3, -0.25) is 0 Å². The molecule has 1 aromatic heterocycles. The van der Waals surface area contributed by atoms with E-state index in [-0.39, 0.29) is 0 Å². The van der Waals surface area contributed by atoms with Gasteiger partial charge in [0.25, 0.3) is 0 Å². The van der Waals surface area contributed by atoms with Crippen molar-refractivity contribution in [2.24, 2.45) is 0 Å². The van der Waals surface area contributed by atoms with Crippen molar-refractivity contribution in [1.82, 2.24) is 4.98 Å². The summed E-state index contributed by atoms with van der Waals surface area (Å²) in [5.41, 5.74) is 0. The van der Waals surface area contributed by atoms with Crippen LogP contribution in [0.3, 0.4) is 0 Å². The van der Waals surface area contributed by atoms with Crippen LogP contribution in [-0.4, -0.2) is 21.2 Å². The van der Waals surface area contributed by atoms with Gasteiger partial charge in [-0.15, -0.1) is 0 Å². The van der Waals surface area contributed by atoms with E-state index in [0.29, 0.717) is 10.5 Å². The van der Waals surface area contributed by atoms with Gasteiger partial charge >= 0.3 is 0 Å². The smallest absolute Gasteiger partial charge is 0.238 e. The van der Waals surface area contributed by atoms with Crippen molar-refractivity contribution in [2.45, 2.75) is 64.2 Å². The number of oxazole rings is 1. The fraction of sp³-hybridized carbons (Fsp3) is 0.769. The van der Waals surface area contributed by atoms with Crippen LogP contribution in [0.1, 0.15) is 48.5 Å². The zero-order chi connectivity index (χ0) is 12.8. The molecule has 2 nitrogen and oxygen atoms in total. The molecule has 0 saturated carbocycles. The van der Waals surface area contributed by atoms with E-state index in [1.54, 1.807) is 12.5 Å². The Morgan fingerprint density at radius 2 is 1.69 bits per heavy atom. The quantitative estimate of drug-likeness (QED) is 0.768. The summed E-state index contributed by atoms with van der Waals surface area (Å²) in [7, 11) is -0.881. The zero-order valence-electron chi connectivity index (χ0n) is 11.8. The highest BCUT2D eigenvalue weighted by molar-refractivity contribution is 8.34. The van der Waals surface area contributed by atoms with Gasteiger partial charge in [0, 0.05) is 0 Å². The van der Waals surface area contributed by atoms with E-state index in [2.05, 4.69) is 39.6 Å². The van der Waals surface area contributed by atoms with Crippen LogP contribution in [0.5, 0.6) is 0 Å². The van der Waals surface area contributed by atoms with E-state index in [1.165, 1.54) is 0 Å². The minimum atomic E-state index is -0.881. The molecule has 0 amide bonds. The number of nitrogens with zero attached hydrogens (tertiary/aromatic N) is 1. The molecular formula is C13H27NOS. The van der Waals surface area contributed by atoms with E-state index in [9.17, 15) is 0 Å². The van der Waals surface area contributed by atoms with Crippen LogP contribution in [0.2, 0.25) is 0 Å². The monoisotopic (exact) mass is 245 g/mol. The Morgan fingerprint density at radius 1 is 1.19 bits per heavy atom. The second-order valence-corrected chi connectivity index (χ2v) is 8.54. The molecule has 0 aliphatic carbocycles. The van der Waals surface area contributed by atoms with Crippen LogP contribution >= 0.6 is 10.0 Å². The van der Waals surface area contributed by atoms with E-state index in [4.69, 9.17) is 4.42 Å². The average molecular weight is 245 g/mol. The summed E-state index contributed by atoms with van der Waals surface area (Å²) >= 11 is 0. The maximum atomic E-state index is 5.54. The fourth-order valence-electron chi connectivity index (χ4n) is 2.14. The zero-order valence-corrected chi connectivity index (χ0v) is 12.6. The minimum absolute atomic E-state index is 0.631. The predicted molar refractivity (Wildman–Crippen MR) is 74.5 cm³/mol. The van der Waals surface area contributed by atoms with Crippen molar-refractivity contribution < 1.29 is 4.42 Å². The molecule has 0 aromatic carbocycles. The Balaban J connectivity index is 0.00000106. The standard InChI is InChI=1S/C11H21NOS.C2H6/c1-6-14(9(2)3,10(4)5)11-12-7-8-13-11;1-2/h7-10H,6H2,1-5H3;1-2H3. The number of hydrogen-bond acceptors (Lipinski definition) is 2. The maximum absolute atomic E-state index is 5.54. The first-order chi connectivity index (χ1) is 7.55. The molecule has 1 rings (SSSR count). The second-order valence-electron chi connectivity index (χ2n) is 4.03. The lowest BCUT2D eigenvalue weighted by molar-refractivity contribution is 0.446. The molecular weight excluding hydrogens is 218 g/mol. The molecule has 3 heteroatoms. The number of hydrogen-bond donors (Lipinski definition) is 0. The second kappa shape index (κ2) is 7.00. The summed E-state index contributed by atoms with van der Waals surface area (Å²) in [6.45, 7) is 15.4. The van der Waals surface area contributed by atoms with Crippen molar-refractivity contribution >= 4 is 10.0 Å². The van der Waals surface area contributed by atoms with Crippen molar-refractivity contribution in [3.05, 3.63) is 12.5 Å². The highest BCUT2D eigenvalue weighted by Crippen LogP contribution is 2.61. The lowest BCUT2D eigenvalue weighted by Crippen LogP contribution is -2.23. The van der Waals surface area contributed by atoms with Gasteiger partial charge in [-0.1, -0.05) is 48.5 Å². The Bertz CT molecular complexity index is 259. The van der Waals surface area contributed by atoms with E-state index in [0.717, 1.165) is 11.0 Å². The van der Waals surface area contributed by atoms with Crippen molar-refractivity contribution in [3.63, 3.8) is 0 Å². The topological polar surface area (TPSA) is 26.0 Å². The molecule has 0 radical (unpaired) electrons. The van der Waals surface area contributed by atoms with E-state index < -0.39 is 10.0 Å². The highest BCUT2D eigenvalue weighted by Gasteiger charge is 2.35. The summed E-state index contributed by atoms with van der Waals surface area (Å²) in [5.74, 6) is 1.16. The van der Waals surface area contributed by atoms with Gasteiger partial charge in [-0.25, -0.2) is 4.98 Å². The van der Waals surface area contributed by atoms with Gasteiger partial charge in [-0.2, -0.15) is 10.0 Å². The van der Waals surface area contributed by atoms with Crippen LogP contribution in [0.15, 0.2) is 22.1 Å². The molecule has 0 spiro atoms. The molecule has 0 fully saturated rings. The van der Waals surface area contributed by atoms with Crippen LogP contribution in [0, 0.1) is 0 Å². The van der Waals surface area contributed by atoms with E-state index in [1.807, 2.05) is 13.8 Å². The Labute approximate surface area is 102 Å². The van der Waals surface area contributed by atoms with Gasteiger partial charge in [0.2, 0.25) is 5.22 Å². The van der Waals surface area contributed by atoms with Gasteiger partial charge in [0.05, 0.1) is 6.20 Å². The third kappa shape index (κ3) is 2.82. The number of aromatic nitrogens is 1. The molecule has 96 valence electrons. The summed E-state index contributed by atoms with van der Waals surface area (Å²) in [4.78, 5) is 4.37. The van der Waals surface area contributed by atoms with Gasteiger partial charge in [-0.05, 0) is 16.3 Å². The van der Waals surface area contributed by atoms with Crippen LogP contribution in [0.4, 0.5) is 0 Å². The van der Waals surface area contributed by atoms with Crippen molar-refractivity contribution in [2.75, 3.05) is 5.75 Å². The predicted octanol–water partition coefficient (Wildman–Crippen LogP) is 4.70. The third-order valence-electron chi connectivity index (χ3n) is 2.89. The molecule has 0 atom stereocenters. The minimum Gasteiger partial charge on any atom is -0.441 e. The summed E-state index contributed by atoms with van der Waals surface area (Å²) in [5, 5.41) is 2.24. The normalized spacial score (nSPS) is 12.6. The summed E-state index contributed by atoms with van der Waals surface area (Å²) in [6, 6.07) is 0.